The molecule has 0 aliphatic heterocycles. The molecule has 4 nitrogen and oxygen atoms in total. The van der Waals surface area contributed by atoms with Crippen molar-refractivity contribution < 1.29 is 16.8 Å². The van der Waals surface area contributed by atoms with E-state index in [1.807, 2.05) is 0 Å². The first kappa shape index (κ1) is 15.3. The number of rotatable bonds is 4. The van der Waals surface area contributed by atoms with Crippen molar-refractivity contribution in [2.24, 2.45) is 0 Å². The van der Waals surface area contributed by atoms with Gasteiger partial charge in [-0.1, -0.05) is 24.1 Å². The first-order valence-corrected chi connectivity index (χ1v) is 8.52. The van der Waals surface area contributed by atoms with E-state index in [9.17, 15) is 12.6 Å². The summed E-state index contributed by atoms with van der Waals surface area (Å²) in [6.45, 7) is 1.60. The van der Waals surface area contributed by atoms with Gasteiger partial charge in [-0.15, -0.1) is 0 Å². The zero-order valence-corrected chi connectivity index (χ0v) is 12.8. The molecule has 1 atom stereocenters. The van der Waals surface area contributed by atoms with Crippen LogP contribution in [-0.2, 0) is 20.9 Å². The molecule has 0 radical (unpaired) electrons. The summed E-state index contributed by atoms with van der Waals surface area (Å²) < 4.78 is 40.7. The van der Waals surface area contributed by atoms with Crippen LogP contribution in [0.15, 0.2) is 64.4 Å². The van der Waals surface area contributed by atoms with Gasteiger partial charge in [-0.05, 0) is 43.3 Å². The van der Waals surface area contributed by atoms with Crippen LogP contribution in [0.25, 0.3) is 0 Å². The Morgan fingerprint density at radius 3 is 2.19 bits per heavy atom. The van der Waals surface area contributed by atoms with Crippen molar-refractivity contribution in [2.75, 3.05) is 0 Å². The molecule has 0 aromatic heterocycles. The maximum atomic E-state index is 12.0. The van der Waals surface area contributed by atoms with Crippen molar-refractivity contribution in [3.8, 4) is 16.9 Å². The van der Waals surface area contributed by atoms with E-state index in [4.69, 9.17) is 4.18 Å². The molecule has 0 spiro atoms. The molecule has 2 aromatic rings. The molecule has 0 amide bonds. The monoisotopic (exact) mass is 320 g/mol. The van der Waals surface area contributed by atoms with Gasteiger partial charge in [0.1, 0.15) is 21.4 Å². The normalized spacial score (nSPS) is 12.0. The van der Waals surface area contributed by atoms with Crippen LogP contribution in [0, 0.1) is 11.2 Å². The van der Waals surface area contributed by atoms with Crippen LogP contribution in [0.5, 0.6) is 5.75 Å². The third kappa shape index (κ3) is 3.94. The molecule has 1 unspecified atom stereocenters. The molecule has 2 aromatic carbocycles. The summed E-state index contributed by atoms with van der Waals surface area (Å²) in [6, 6.07) is 13.8. The Morgan fingerprint density at radius 2 is 1.62 bits per heavy atom. The molecular formula is C15H12O4S2. The molecule has 0 N–H and O–H groups in total. The first-order chi connectivity index (χ1) is 10.0. The number of hydrogen-bond acceptors (Lipinski definition) is 4. The van der Waals surface area contributed by atoms with Gasteiger partial charge in [0.2, 0.25) is 0 Å². The summed E-state index contributed by atoms with van der Waals surface area (Å²) in [6.07, 6.45) is 0. The summed E-state index contributed by atoms with van der Waals surface area (Å²) in [4.78, 5) is 0.573. The molecule has 2 rings (SSSR count). The topological polar surface area (TPSA) is 60.4 Å². The van der Waals surface area contributed by atoms with Gasteiger partial charge >= 0.3 is 10.1 Å². The van der Waals surface area contributed by atoms with Crippen LogP contribution in [-0.4, -0.2) is 12.6 Å². The van der Waals surface area contributed by atoms with Crippen molar-refractivity contribution in [3.05, 3.63) is 54.6 Å². The summed E-state index contributed by atoms with van der Waals surface area (Å²) >= 11 is 0. The predicted molar refractivity (Wildman–Crippen MR) is 80.6 cm³/mol. The van der Waals surface area contributed by atoms with E-state index >= 15 is 0 Å². The lowest BCUT2D eigenvalue weighted by molar-refractivity contribution is 0.486. The van der Waals surface area contributed by atoms with E-state index in [-0.39, 0.29) is 10.6 Å². The summed E-state index contributed by atoms with van der Waals surface area (Å²) in [7, 11) is -5.28. The highest BCUT2D eigenvalue weighted by atomic mass is 32.2. The lowest BCUT2D eigenvalue weighted by Gasteiger charge is -2.07. The summed E-state index contributed by atoms with van der Waals surface area (Å²) in [5.74, 6) is 2.72. The van der Waals surface area contributed by atoms with Gasteiger partial charge < -0.3 is 4.18 Å². The summed E-state index contributed by atoms with van der Waals surface area (Å²) in [5, 5.41) is 2.52. The average molecular weight is 320 g/mol. The van der Waals surface area contributed by atoms with Gasteiger partial charge in [0.15, 0.2) is 0 Å². The van der Waals surface area contributed by atoms with Crippen LogP contribution in [0.1, 0.15) is 6.92 Å². The Morgan fingerprint density at radius 1 is 1.00 bits per heavy atom. The quantitative estimate of drug-likeness (QED) is 0.641. The minimum Gasteiger partial charge on any atom is -0.379 e. The van der Waals surface area contributed by atoms with E-state index in [0.29, 0.717) is 4.90 Å². The maximum Gasteiger partial charge on any atom is 0.339 e. The molecule has 108 valence electrons. The lowest BCUT2D eigenvalue weighted by atomic mass is 10.3. The van der Waals surface area contributed by atoms with Gasteiger partial charge in [-0.25, -0.2) is 4.21 Å². The molecule has 21 heavy (non-hydrogen) atoms. The molecule has 6 heteroatoms. The van der Waals surface area contributed by atoms with E-state index in [1.54, 1.807) is 25.1 Å². The number of benzene rings is 2. The largest absolute Gasteiger partial charge is 0.379 e. The Kier molecular flexibility index (Phi) is 4.78. The molecule has 0 heterocycles. The zero-order chi connectivity index (χ0) is 15.3. The van der Waals surface area contributed by atoms with E-state index in [2.05, 4.69) is 11.2 Å². The highest BCUT2D eigenvalue weighted by Crippen LogP contribution is 2.20. The van der Waals surface area contributed by atoms with Crippen LogP contribution >= 0.6 is 0 Å². The molecule has 0 aliphatic carbocycles. The summed E-state index contributed by atoms with van der Waals surface area (Å²) in [5.41, 5.74) is 0. The standard InChI is InChI=1S/C15H12O4S2/c1-2-12-20(16)14-10-8-13(9-11-14)19-21(17,18)15-6-4-3-5-7-15/h3-11H,1H3. The van der Waals surface area contributed by atoms with Crippen LogP contribution in [0.2, 0.25) is 0 Å². The van der Waals surface area contributed by atoms with E-state index in [0.717, 1.165) is 0 Å². The minimum absolute atomic E-state index is 0.0782. The number of hydrogen-bond donors (Lipinski definition) is 0. The van der Waals surface area contributed by atoms with Gasteiger partial charge in [-0.2, -0.15) is 8.42 Å². The third-order valence-corrected chi connectivity index (χ3v) is 4.82. The van der Waals surface area contributed by atoms with Gasteiger partial charge in [0.25, 0.3) is 0 Å². The van der Waals surface area contributed by atoms with Crippen molar-refractivity contribution in [1.29, 1.82) is 0 Å². The fourth-order valence-electron chi connectivity index (χ4n) is 1.53. The maximum absolute atomic E-state index is 12.0. The first-order valence-electron chi connectivity index (χ1n) is 5.97. The van der Waals surface area contributed by atoms with Crippen LogP contribution in [0.3, 0.4) is 0 Å². The fourth-order valence-corrected chi connectivity index (χ4v) is 3.17. The highest BCUT2D eigenvalue weighted by molar-refractivity contribution is 7.89. The Hall–Kier alpha value is -2.10. The second-order valence-electron chi connectivity index (χ2n) is 3.94. The van der Waals surface area contributed by atoms with Gasteiger partial charge in [0, 0.05) is 5.25 Å². The molecule has 0 bridgehead atoms. The molecule has 0 saturated carbocycles. The van der Waals surface area contributed by atoms with Crippen LogP contribution in [0.4, 0.5) is 0 Å². The lowest BCUT2D eigenvalue weighted by Crippen LogP contribution is -2.09. The van der Waals surface area contributed by atoms with Crippen molar-refractivity contribution in [1.82, 2.24) is 0 Å². The highest BCUT2D eigenvalue weighted by Gasteiger charge is 2.15. The zero-order valence-electron chi connectivity index (χ0n) is 11.1. The molecule has 0 aliphatic rings. The van der Waals surface area contributed by atoms with Crippen molar-refractivity contribution in [3.63, 3.8) is 0 Å². The molecular weight excluding hydrogens is 308 g/mol. The Bertz CT molecular complexity index is 798. The Labute approximate surface area is 126 Å². The van der Waals surface area contributed by atoms with Crippen LogP contribution < -0.4 is 4.18 Å². The Balaban J connectivity index is 2.21. The fraction of sp³-hybridized carbons (Fsp3) is 0.0667. The van der Waals surface area contributed by atoms with Gasteiger partial charge in [-0.3, -0.25) is 0 Å². The van der Waals surface area contributed by atoms with Crippen molar-refractivity contribution >= 4 is 20.9 Å². The second kappa shape index (κ2) is 6.57. The second-order valence-corrected chi connectivity index (χ2v) is 6.70. The smallest absolute Gasteiger partial charge is 0.339 e. The van der Waals surface area contributed by atoms with Gasteiger partial charge in [0.05, 0.1) is 4.90 Å². The van der Waals surface area contributed by atoms with E-state index < -0.39 is 20.9 Å². The third-order valence-electron chi connectivity index (χ3n) is 2.47. The molecule has 0 saturated heterocycles. The van der Waals surface area contributed by atoms with E-state index in [1.165, 1.54) is 36.4 Å². The average Bonchev–Trinajstić information content (AvgIpc) is 2.49. The minimum atomic E-state index is -3.86. The van der Waals surface area contributed by atoms with Crippen molar-refractivity contribution in [2.45, 2.75) is 16.7 Å². The SMILES string of the molecule is CC#CS(=O)c1ccc(OS(=O)(=O)c2ccccc2)cc1. The predicted octanol–water partition coefficient (Wildman–Crippen LogP) is 2.54. The molecule has 0 fully saturated rings.